The molecule has 2 fully saturated rings. The van der Waals surface area contributed by atoms with E-state index in [-0.39, 0.29) is 5.79 Å². The predicted octanol–water partition coefficient (Wildman–Crippen LogP) is 3.49. The van der Waals surface area contributed by atoms with Gasteiger partial charge in [0.25, 0.3) is 0 Å². The normalized spacial score (nSPS) is 19.1. The zero-order valence-corrected chi connectivity index (χ0v) is 15.7. The Morgan fingerprint density at radius 3 is 2.23 bits per heavy atom. The fourth-order valence-corrected chi connectivity index (χ4v) is 3.79. The summed E-state index contributed by atoms with van der Waals surface area (Å²) >= 11 is 0. The van der Waals surface area contributed by atoms with Crippen molar-refractivity contribution < 1.29 is 9.47 Å². The minimum absolute atomic E-state index is 0.375. The van der Waals surface area contributed by atoms with E-state index in [1.54, 1.807) is 0 Å². The van der Waals surface area contributed by atoms with E-state index in [9.17, 15) is 0 Å². The van der Waals surface area contributed by atoms with Gasteiger partial charge >= 0.3 is 0 Å². The van der Waals surface area contributed by atoms with Gasteiger partial charge in [0.05, 0.1) is 13.2 Å². The number of benzene rings is 1. The van der Waals surface area contributed by atoms with Crippen molar-refractivity contribution in [3.05, 3.63) is 41.1 Å². The minimum atomic E-state index is -0.375. The Balaban J connectivity index is 1.51. The second-order valence-corrected chi connectivity index (χ2v) is 7.29. The number of hydrogen-bond donors (Lipinski definition) is 1. The van der Waals surface area contributed by atoms with Crippen LogP contribution < -0.4 is 10.2 Å². The van der Waals surface area contributed by atoms with Gasteiger partial charge in [0.1, 0.15) is 5.82 Å². The van der Waals surface area contributed by atoms with E-state index in [1.165, 1.54) is 11.1 Å². The van der Waals surface area contributed by atoms with Crippen molar-refractivity contribution in [3.8, 4) is 0 Å². The van der Waals surface area contributed by atoms with Gasteiger partial charge in [-0.3, -0.25) is 0 Å². The molecular weight excluding hydrogens is 328 g/mol. The van der Waals surface area contributed by atoms with Crippen LogP contribution in [-0.4, -0.2) is 42.1 Å². The fourth-order valence-electron chi connectivity index (χ4n) is 3.79. The zero-order chi connectivity index (χ0) is 18.1. The summed E-state index contributed by atoms with van der Waals surface area (Å²) in [5.74, 6) is 1.22. The lowest BCUT2D eigenvalue weighted by Crippen LogP contribution is -2.45. The lowest BCUT2D eigenvalue weighted by Gasteiger charge is -2.37. The Morgan fingerprint density at radius 1 is 0.923 bits per heavy atom. The van der Waals surface area contributed by atoms with Gasteiger partial charge in [-0.15, -0.1) is 0 Å². The number of nitrogens with one attached hydrogen (secondary N) is 1. The smallest absolute Gasteiger partial charge is 0.227 e. The van der Waals surface area contributed by atoms with Gasteiger partial charge in [-0.2, -0.15) is 4.98 Å². The fraction of sp³-hybridized carbons (Fsp3) is 0.500. The quantitative estimate of drug-likeness (QED) is 0.910. The third kappa shape index (κ3) is 3.66. The Kier molecular flexibility index (Phi) is 4.54. The highest BCUT2D eigenvalue weighted by molar-refractivity contribution is 5.59. The number of nitrogens with zero attached hydrogens (tertiary/aromatic N) is 3. The van der Waals surface area contributed by atoms with Gasteiger partial charge in [-0.1, -0.05) is 6.07 Å². The molecule has 2 aliphatic rings. The Labute approximate surface area is 154 Å². The molecule has 2 saturated heterocycles. The topological polar surface area (TPSA) is 59.5 Å². The number of aromatic nitrogens is 2. The van der Waals surface area contributed by atoms with Crippen LogP contribution in [0.4, 0.5) is 17.5 Å². The van der Waals surface area contributed by atoms with Crippen LogP contribution in [0.25, 0.3) is 0 Å². The summed E-state index contributed by atoms with van der Waals surface area (Å²) in [6.45, 7) is 9.29. The molecule has 1 N–H and O–H groups in total. The third-order valence-corrected chi connectivity index (χ3v) is 4.96. The Bertz CT molecular complexity index is 772. The molecule has 6 nitrogen and oxygen atoms in total. The first-order chi connectivity index (χ1) is 12.5. The molecular formula is C20H26N4O2. The van der Waals surface area contributed by atoms with E-state index in [2.05, 4.69) is 47.2 Å². The van der Waals surface area contributed by atoms with Crippen molar-refractivity contribution in [1.82, 2.24) is 9.97 Å². The molecule has 4 rings (SSSR count). The first-order valence-corrected chi connectivity index (χ1v) is 9.25. The minimum Gasteiger partial charge on any atom is -0.347 e. The lowest BCUT2D eigenvalue weighted by molar-refractivity contribution is -0.169. The van der Waals surface area contributed by atoms with E-state index in [4.69, 9.17) is 14.5 Å². The van der Waals surface area contributed by atoms with Crippen molar-refractivity contribution >= 4 is 17.5 Å². The van der Waals surface area contributed by atoms with Crippen molar-refractivity contribution in [2.45, 2.75) is 39.4 Å². The van der Waals surface area contributed by atoms with Gasteiger partial charge < -0.3 is 19.7 Å². The molecule has 1 aromatic heterocycles. The second kappa shape index (κ2) is 6.85. The van der Waals surface area contributed by atoms with Crippen LogP contribution in [0.2, 0.25) is 0 Å². The summed E-state index contributed by atoms with van der Waals surface area (Å²) in [6, 6.07) is 8.40. The molecule has 2 aromatic rings. The van der Waals surface area contributed by atoms with E-state index in [0.717, 1.165) is 49.1 Å². The first-order valence-electron chi connectivity index (χ1n) is 9.25. The maximum absolute atomic E-state index is 5.81. The van der Waals surface area contributed by atoms with Gasteiger partial charge in [0.2, 0.25) is 5.95 Å². The summed E-state index contributed by atoms with van der Waals surface area (Å²) in [7, 11) is 0. The Morgan fingerprint density at radius 2 is 1.58 bits per heavy atom. The van der Waals surface area contributed by atoms with Crippen molar-refractivity contribution in [3.63, 3.8) is 0 Å². The van der Waals surface area contributed by atoms with Crippen LogP contribution in [0.1, 0.15) is 29.7 Å². The van der Waals surface area contributed by atoms with E-state index >= 15 is 0 Å². The summed E-state index contributed by atoms with van der Waals surface area (Å²) in [5, 5.41) is 3.43. The maximum Gasteiger partial charge on any atom is 0.227 e. The van der Waals surface area contributed by atoms with Gasteiger partial charge in [0.15, 0.2) is 5.79 Å². The van der Waals surface area contributed by atoms with E-state index in [1.807, 2.05) is 13.0 Å². The molecule has 0 atom stereocenters. The molecule has 138 valence electrons. The molecule has 0 bridgehead atoms. The largest absolute Gasteiger partial charge is 0.347 e. The van der Waals surface area contributed by atoms with Crippen LogP contribution >= 0.6 is 0 Å². The molecule has 0 amide bonds. The molecule has 1 aromatic carbocycles. The van der Waals surface area contributed by atoms with Crippen LogP contribution in [0.3, 0.4) is 0 Å². The summed E-state index contributed by atoms with van der Waals surface area (Å²) in [5.41, 5.74) is 4.47. The SMILES string of the molecule is Cc1cc(C)cc(Nc2cc(C)nc(N3CCC4(CC3)OCCO4)n2)c1. The maximum atomic E-state index is 5.81. The average Bonchev–Trinajstić information content (AvgIpc) is 3.02. The molecule has 0 saturated carbocycles. The molecule has 26 heavy (non-hydrogen) atoms. The molecule has 6 heteroatoms. The van der Waals surface area contributed by atoms with Gasteiger partial charge in [0, 0.05) is 43.4 Å². The molecule has 0 aliphatic carbocycles. The standard InChI is InChI=1S/C20H26N4O2/c1-14-10-15(2)12-17(11-14)22-18-13-16(3)21-19(23-18)24-6-4-20(5-7-24)25-8-9-26-20/h10-13H,4-9H2,1-3H3,(H,21,22,23). The van der Waals surface area contributed by atoms with Crippen LogP contribution in [0.5, 0.6) is 0 Å². The number of rotatable bonds is 3. The van der Waals surface area contributed by atoms with Gasteiger partial charge in [-0.25, -0.2) is 4.98 Å². The van der Waals surface area contributed by atoms with Crippen molar-refractivity contribution in [2.24, 2.45) is 0 Å². The summed E-state index contributed by atoms with van der Waals surface area (Å²) in [4.78, 5) is 11.6. The lowest BCUT2D eigenvalue weighted by atomic mass is 10.0. The van der Waals surface area contributed by atoms with Crippen molar-refractivity contribution in [2.75, 3.05) is 36.5 Å². The van der Waals surface area contributed by atoms with Crippen molar-refractivity contribution in [1.29, 1.82) is 0 Å². The highest BCUT2D eigenvalue weighted by Crippen LogP contribution is 2.32. The van der Waals surface area contributed by atoms with Gasteiger partial charge in [-0.05, 0) is 44.0 Å². The number of piperidine rings is 1. The highest BCUT2D eigenvalue weighted by atomic mass is 16.7. The second-order valence-electron chi connectivity index (χ2n) is 7.29. The van der Waals surface area contributed by atoms with Crippen LogP contribution in [-0.2, 0) is 9.47 Å². The van der Waals surface area contributed by atoms with Crippen LogP contribution in [0.15, 0.2) is 24.3 Å². The highest BCUT2D eigenvalue weighted by Gasteiger charge is 2.40. The number of hydrogen-bond acceptors (Lipinski definition) is 6. The number of aryl methyl sites for hydroxylation is 3. The predicted molar refractivity (Wildman–Crippen MR) is 102 cm³/mol. The first kappa shape index (κ1) is 17.2. The third-order valence-electron chi connectivity index (χ3n) is 4.96. The summed E-state index contributed by atoms with van der Waals surface area (Å²) in [6.07, 6.45) is 1.70. The molecule has 3 heterocycles. The zero-order valence-electron chi connectivity index (χ0n) is 15.7. The molecule has 0 radical (unpaired) electrons. The number of ether oxygens (including phenoxy) is 2. The number of anilines is 3. The van der Waals surface area contributed by atoms with Crippen LogP contribution in [0, 0.1) is 20.8 Å². The van der Waals surface area contributed by atoms with E-state index < -0.39 is 0 Å². The average molecular weight is 354 g/mol. The summed E-state index contributed by atoms with van der Waals surface area (Å²) < 4.78 is 11.6. The Hall–Kier alpha value is -2.18. The monoisotopic (exact) mass is 354 g/mol. The molecule has 2 aliphatic heterocycles. The molecule has 0 unspecified atom stereocenters. The van der Waals surface area contributed by atoms with E-state index in [0.29, 0.717) is 13.2 Å². The molecule has 1 spiro atoms.